The summed E-state index contributed by atoms with van der Waals surface area (Å²) >= 11 is 0. The van der Waals surface area contributed by atoms with E-state index in [1.165, 1.54) is 12.8 Å². The van der Waals surface area contributed by atoms with Gasteiger partial charge in [-0.1, -0.05) is 42.5 Å². The van der Waals surface area contributed by atoms with Gasteiger partial charge in [0.2, 0.25) is 0 Å². The number of para-hydroxylation sites is 1. The Kier molecular flexibility index (Phi) is 7.66. The lowest BCUT2D eigenvalue weighted by atomic mass is 9.96. The second-order valence-corrected chi connectivity index (χ2v) is 7.74. The molecule has 2 aromatic carbocycles. The molecule has 158 valence electrons. The van der Waals surface area contributed by atoms with Crippen molar-refractivity contribution >= 4 is 18.3 Å². The van der Waals surface area contributed by atoms with Crippen LogP contribution >= 0.6 is 12.4 Å². The predicted molar refractivity (Wildman–Crippen MR) is 124 cm³/mol. The van der Waals surface area contributed by atoms with Crippen molar-refractivity contribution in [3.63, 3.8) is 0 Å². The highest BCUT2D eigenvalue weighted by Crippen LogP contribution is 2.26. The number of halogens is 1. The Balaban J connectivity index is 0.00000256. The summed E-state index contributed by atoms with van der Waals surface area (Å²) in [6, 6.07) is 18.0. The highest BCUT2D eigenvalue weighted by molar-refractivity contribution is 6.00. The third kappa shape index (κ3) is 5.10. The largest absolute Gasteiger partial charge is 0.352 e. The number of piperidine rings is 1. The van der Waals surface area contributed by atoms with Crippen molar-refractivity contribution in [3.8, 4) is 16.9 Å². The summed E-state index contributed by atoms with van der Waals surface area (Å²) in [4.78, 5) is 13.1. The van der Waals surface area contributed by atoms with E-state index in [0.29, 0.717) is 18.0 Å². The van der Waals surface area contributed by atoms with E-state index in [-0.39, 0.29) is 18.3 Å². The molecule has 0 bridgehead atoms. The summed E-state index contributed by atoms with van der Waals surface area (Å²) in [5.41, 5.74) is 4.38. The zero-order valence-electron chi connectivity index (χ0n) is 17.3. The van der Waals surface area contributed by atoms with Crippen LogP contribution in [0.15, 0.2) is 60.8 Å². The Morgan fingerprint density at radius 2 is 1.93 bits per heavy atom. The minimum atomic E-state index is -0.0609. The molecule has 0 spiro atoms. The summed E-state index contributed by atoms with van der Waals surface area (Å²) in [6.45, 7) is 4.90. The second-order valence-electron chi connectivity index (χ2n) is 7.74. The number of hydrogen-bond donors (Lipinski definition) is 2. The topological polar surface area (TPSA) is 59.0 Å². The number of nitrogens with one attached hydrogen (secondary N) is 2. The van der Waals surface area contributed by atoms with Crippen LogP contribution in [0.25, 0.3) is 16.9 Å². The van der Waals surface area contributed by atoms with Gasteiger partial charge in [-0.3, -0.25) is 4.79 Å². The lowest BCUT2D eigenvalue weighted by molar-refractivity contribution is 0.0951. The molecule has 4 rings (SSSR count). The minimum absolute atomic E-state index is 0. The van der Waals surface area contributed by atoms with Crippen LogP contribution < -0.4 is 10.6 Å². The average molecular weight is 425 g/mol. The van der Waals surface area contributed by atoms with E-state index < -0.39 is 0 Å². The number of aromatic nitrogens is 2. The van der Waals surface area contributed by atoms with E-state index in [4.69, 9.17) is 5.10 Å². The lowest BCUT2D eigenvalue weighted by Crippen LogP contribution is -2.33. The van der Waals surface area contributed by atoms with E-state index in [2.05, 4.69) is 23.6 Å². The van der Waals surface area contributed by atoms with Gasteiger partial charge < -0.3 is 10.6 Å². The van der Waals surface area contributed by atoms with Gasteiger partial charge in [-0.15, -0.1) is 12.4 Å². The van der Waals surface area contributed by atoms with Crippen LogP contribution in [0.1, 0.15) is 35.2 Å². The van der Waals surface area contributed by atoms with Crippen LogP contribution in [-0.4, -0.2) is 35.3 Å². The molecule has 0 aliphatic carbocycles. The molecule has 1 aliphatic rings. The third-order valence-electron chi connectivity index (χ3n) is 5.62. The number of nitrogens with zero attached hydrogens (tertiary/aromatic N) is 2. The Hall–Kier alpha value is -2.63. The molecule has 1 aromatic heterocycles. The second kappa shape index (κ2) is 10.4. The quantitative estimate of drug-likeness (QED) is 0.617. The highest BCUT2D eigenvalue weighted by atomic mass is 35.5. The van der Waals surface area contributed by atoms with Crippen LogP contribution in [0.4, 0.5) is 0 Å². The van der Waals surface area contributed by atoms with E-state index in [1.54, 1.807) is 4.68 Å². The summed E-state index contributed by atoms with van der Waals surface area (Å²) in [7, 11) is 0. The van der Waals surface area contributed by atoms with E-state index in [1.807, 2.05) is 54.7 Å². The number of hydrogen-bond acceptors (Lipinski definition) is 3. The first-order valence-corrected chi connectivity index (χ1v) is 10.4. The Morgan fingerprint density at radius 3 is 2.67 bits per heavy atom. The van der Waals surface area contributed by atoms with Crippen LogP contribution in [0.2, 0.25) is 0 Å². The Bertz CT molecular complexity index is 964. The molecule has 3 aromatic rings. The molecule has 30 heavy (non-hydrogen) atoms. The molecule has 0 saturated carbocycles. The van der Waals surface area contributed by atoms with Crippen molar-refractivity contribution in [2.45, 2.75) is 26.2 Å². The van der Waals surface area contributed by atoms with Crippen molar-refractivity contribution in [1.29, 1.82) is 0 Å². The smallest absolute Gasteiger partial charge is 0.255 e. The molecule has 1 atom stereocenters. The van der Waals surface area contributed by atoms with Crippen molar-refractivity contribution in [2.75, 3.05) is 19.6 Å². The minimum Gasteiger partial charge on any atom is -0.352 e. The summed E-state index contributed by atoms with van der Waals surface area (Å²) in [6.07, 6.45) is 5.31. The van der Waals surface area contributed by atoms with Gasteiger partial charge in [0.1, 0.15) is 5.69 Å². The first-order chi connectivity index (χ1) is 14.2. The van der Waals surface area contributed by atoms with Gasteiger partial charge in [0.25, 0.3) is 5.91 Å². The maximum atomic E-state index is 13.1. The van der Waals surface area contributed by atoms with Gasteiger partial charge in [-0.05, 0) is 62.9 Å². The monoisotopic (exact) mass is 424 g/mol. The Morgan fingerprint density at radius 1 is 1.17 bits per heavy atom. The fourth-order valence-corrected chi connectivity index (χ4v) is 3.95. The van der Waals surface area contributed by atoms with E-state index in [0.717, 1.165) is 42.0 Å². The van der Waals surface area contributed by atoms with Crippen LogP contribution in [-0.2, 0) is 0 Å². The van der Waals surface area contributed by atoms with Gasteiger partial charge in [0.15, 0.2) is 0 Å². The third-order valence-corrected chi connectivity index (χ3v) is 5.62. The number of carbonyl (C=O) groups is 1. The van der Waals surface area contributed by atoms with E-state index in [9.17, 15) is 4.79 Å². The van der Waals surface area contributed by atoms with Crippen LogP contribution in [0.3, 0.4) is 0 Å². The summed E-state index contributed by atoms with van der Waals surface area (Å²) in [5, 5.41) is 11.3. The first kappa shape index (κ1) is 22.1. The molecule has 0 radical (unpaired) electrons. The number of rotatable bonds is 6. The summed E-state index contributed by atoms with van der Waals surface area (Å²) in [5.74, 6) is 0.584. The Labute approximate surface area is 184 Å². The van der Waals surface area contributed by atoms with Crippen molar-refractivity contribution in [3.05, 3.63) is 71.9 Å². The van der Waals surface area contributed by atoms with Crippen molar-refractivity contribution in [2.24, 2.45) is 5.92 Å². The van der Waals surface area contributed by atoms with Gasteiger partial charge >= 0.3 is 0 Å². The molecule has 1 fully saturated rings. The molecule has 2 heterocycles. The molecule has 1 unspecified atom stereocenters. The van der Waals surface area contributed by atoms with Crippen molar-refractivity contribution < 1.29 is 4.79 Å². The van der Waals surface area contributed by atoms with Gasteiger partial charge in [-0.25, -0.2) is 4.68 Å². The van der Waals surface area contributed by atoms with Gasteiger partial charge in [-0.2, -0.15) is 5.10 Å². The molecule has 1 aliphatic heterocycles. The SMILES string of the molecule is Cc1ccccc1-c1nn(-c2ccccc2)cc1C(=O)NCCC1CCCNC1.Cl. The zero-order valence-corrected chi connectivity index (χ0v) is 18.1. The fourth-order valence-electron chi connectivity index (χ4n) is 3.95. The molecule has 2 N–H and O–H groups in total. The average Bonchev–Trinajstić information content (AvgIpc) is 3.21. The maximum absolute atomic E-state index is 13.1. The number of benzene rings is 2. The number of aryl methyl sites for hydroxylation is 1. The lowest BCUT2D eigenvalue weighted by Gasteiger charge is -2.22. The maximum Gasteiger partial charge on any atom is 0.255 e. The summed E-state index contributed by atoms with van der Waals surface area (Å²) < 4.78 is 1.79. The highest BCUT2D eigenvalue weighted by Gasteiger charge is 2.20. The molecule has 1 saturated heterocycles. The van der Waals surface area contributed by atoms with Gasteiger partial charge in [0.05, 0.1) is 11.3 Å². The molecule has 1 amide bonds. The standard InChI is InChI=1S/C24H28N4O.ClH/c1-18-8-5-6-12-21(18)23-22(17-28(27-23)20-10-3-2-4-11-20)24(29)26-15-13-19-9-7-14-25-16-19;/h2-6,8,10-12,17,19,25H,7,9,13-16H2,1H3,(H,26,29);1H. The zero-order chi connectivity index (χ0) is 20.1. The van der Waals surface area contributed by atoms with E-state index >= 15 is 0 Å². The van der Waals surface area contributed by atoms with Crippen LogP contribution in [0, 0.1) is 12.8 Å². The molecule has 6 heteroatoms. The predicted octanol–water partition coefficient (Wildman–Crippen LogP) is 4.39. The molecule has 5 nitrogen and oxygen atoms in total. The van der Waals surface area contributed by atoms with Crippen LogP contribution in [0.5, 0.6) is 0 Å². The fraction of sp³-hybridized carbons (Fsp3) is 0.333. The normalized spacial score (nSPS) is 16.0. The molecular weight excluding hydrogens is 396 g/mol. The number of carbonyl (C=O) groups excluding carboxylic acids is 1. The number of amides is 1. The van der Waals surface area contributed by atoms with Crippen molar-refractivity contribution in [1.82, 2.24) is 20.4 Å². The first-order valence-electron chi connectivity index (χ1n) is 10.4. The van der Waals surface area contributed by atoms with Gasteiger partial charge in [0, 0.05) is 18.3 Å². The molecular formula is C24H29ClN4O.